The molecule has 0 radical (unpaired) electrons. The van der Waals surface area contributed by atoms with Crippen LogP contribution in [0.3, 0.4) is 0 Å². The largest absolute Gasteiger partial charge is 0.479 e. The van der Waals surface area contributed by atoms with E-state index in [0.29, 0.717) is 16.7 Å². The van der Waals surface area contributed by atoms with Gasteiger partial charge in [0.25, 0.3) is 5.56 Å². The van der Waals surface area contributed by atoms with Gasteiger partial charge in [0.1, 0.15) is 6.61 Å². The number of fused-ring (bicyclic) bond motifs is 3. The Morgan fingerprint density at radius 1 is 1.19 bits per heavy atom. The van der Waals surface area contributed by atoms with Crippen molar-refractivity contribution in [2.75, 3.05) is 0 Å². The summed E-state index contributed by atoms with van der Waals surface area (Å²) in [4.78, 5) is 22.8. The summed E-state index contributed by atoms with van der Waals surface area (Å²) in [5, 5.41) is 25.0. The summed E-state index contributed by atoms with van der Waals surface area (Å²) in [6.45, 7) is 1.64. The van der Waals surface area contributed by atoms with Crippen LogP contribution in [0.15, 0.2) is 46.1 Å². The lowest BCUT2D eigenvalue weighted by molar-refractivity contribution is -0.386. The molecule has 2 aromatic heterocycles. The Labute approximate surface area is 174 Å². The molecule has 12 nitrogen and oxygen atoms in total. The highest BCUT2D eigenvalue weighted by molar-refractivity contribution is 7.89. The van der Waals surface area contributed by atoms with Crippen LogP contribution in [0, 0.1) is 17.0 Å². The second kappa shape index (κ2) is 7.14. The van der Waals surface area contributed by atoms with Crippen LogP contribution in [0.1, 0.15) is 11.4 Å². The maximum absolute atomic E-state index is 12.6. The first-order chi connectivity index (χ1) is 14.6. The monoisotopic (exact) mass is 444 g/mol. The van der Waals surface area contributed by atoms with E-state index in [1.54, 1.807) is 23.6 Å². The highest BCUT2D eigenvalue weighted by Crippen LogP contribution is 2.30. The number of rotatable bonds is 5. The van der Waals surface area contributed by atoms with Crippen molar-refractivity contribution in [1.82, 2.24) is 19.2 Å². The van der Waals surface area contributed by atoms with Crippen LogP contribution in [0.5, 0.6) is 5.75 Å². The number of hydrogen-bond acceptors (Lipinski definition) is 8. The highest BCUT2D eigenvalue weighted by atomic mass is 32.2. The number of nitro groups is 1. The summed E-state index contributed by atoms with van der Waals surface area (Å²) in [6, 6.07) is 8.44. The van der Waals surface area contributed by atoms with E-state index in [-0.39, 0.29) is 23.7 Å². The van der Waals surface area contributed by atoms with E-state index in [1.807, 2.05) is 13.0 Å². The van der Waals surface area contributed by atoms with Crippen molar-refractivity contribution >= 4 is 32.4 Å². The van der Waals surface area contributed by atoms with E-state index in [4.69, 9.17) is 9.88 Å². The molecule has 2 heterocycles. The van der Waals surface area contributed by atoms with Gasteiger partial charge in [-0.1, -0.05) is 11.6 Å². The highest BCUT2D eigenvalue weighted by Gasteiger charge is 2.22. The molecule has 0 aliphatic carbocycles. The number of ether oxygens (including phenoxy) is 1. The van der Waals surface area contributed by atoms with Crippen molar-refractivity contribution < 1.29 is 18.1 Å². The van der Waals surface area contributed by atoms with Crippen molar-refractivity contribution in [1.29, 1.82) is 0 Å². The fourth-order valence-electron chi connectivity index (χ4n) is 3.23. The fourth-order valence-corrected chi connectivity index (χ4v) is 3.77. The number of nitro benzene ring substituents is 1. The third kappa shape index (κ3) is 3.49. The van der Waals surface area contributed by atoms with Gasteiger partial charge in [-0.3, -0.25) is 23.9 Å². The maximum Gasteiger partial charge on any atom is 0.312 e. The van der Waals surface area contributed by atoms with Crippen LogP contribution >= 0.6 is 0 Å². The van der Waals surface area contributed by atoms with Crippen LogP contribution in [-0.4, -0.2) is 32.5 Å². The minimum Gasteiger partial charge on any atom is -0.479 e. The molecule has 0 aliphatic heterocycles. The molecule has 0 amide bonds. The molecule has 0 saturated heterocycles. The first kappa shape index (κ1) is 20.4. The van der Waals surface area contributed by atoms with Gasteiger partial charge in [0, 0.05) is 13.1 Å². The molecule has 0 bridgehead atoms. The molecule has 2 N–H and O–H groups in total. The summed E-state index contributed by atoms with van der Waals surface area (Å²) >= 11 is 0. The Kier molecular flexibility index (Phi) is 4.71. The maximum atomic E-state index is 12.6. The van der Waals surface area contributed by atoms with Crippen LogP contribution in [0.25, 0.3) is 16.7 Å². The summed E-state index contributed by atoms with van der Waals surface area (Å²) in [5.41, 5.74) is 0.667. The van der Waals surface area contributed by atoms with Crippen molar-refractivity contribution in [3.05, 3.63) is 68.3 Å². The molecule has 4 aromatic rings. The fraction of sp³-hybridized carbons (Fsp3) is 0.167. The zero-order valence-electron chi connectivity index (χ0n) is 16.3. The predicted molar refractivity (Wildman–Crippen MR) is 109 cm³/mol. The topological polar surface area (TPSA) is 165 Å². The third-order valence-electron chi connectivity index (χ3n) is 4.75. The van der Waals surface area contributed by atoms with E-state index in [0.717, 1.165) is 23.8 Å². The van der Waals surface area contributed by atoms with Gasteiger partial charge in [-0.05, 0) is 31.2 Å². The van der Waals surface area contributed by atoms with Gasteiger partial charge < -0.3 is 4.74 Å². The molecule has 13 heteroatoms. The number of aromatic nitrogens is 4. The van der Waals surface area contributed by atoms with Crippen molar-refractivity contribution in [2.45, 2.75) is 18.4 Å². The summed E-state index contributed by atoms with van der Waals surface area (Å²) < 4.78 is 31.5. The summed E-state index contributed by atoms with van der Waals surface area (Å²) in [6.07, 6.45) is 0. The lowest BCUT2D eigenvalue weighted by atomic mass is 10.1. The SMILES string of the molecule is Cc1ccc2c(c1)c(=O)n(C)c1nnc(COc3ccc(S(N)(=O)=O)cc3[N+](=O)[O-])n21. The molecule has 0 spiro atoms. The number of hydrogen-bond donors (Lipinski definition) is 1. The van der Waals surface area contributed by atoms with Crippen LogP contribution in [0.4, 0.5) is 5.69 Å². The summed E-state index contributed by atoms with van der Waals surface area (Å²) in [7, 11) is -2.55. The minimum atomic E-state index is -4.12. The third-order valence-corrected chi connectivity index (χ3v) is 5.66. The standard InChI is InChI=1S/C18H16N6O6S/c1-10-3-5-13-12(7-10)17(25)22(2)18-21-20-16(23(13)18)9-30-15-6-4-11(31(19,28)29)8-14(15)24(26)27/h3-8H,9H2,1-2H3,(H2,19,28,29). The normalized spacial score (nSPS) is 11.8. The molecule has 0 fully saturated rings. The van der Waals surface area contributed by atoms with Crippen LogP contribution in [0.2, 0.25) is 0 Å². The van der Waals surface area contributed by atoms with E-state index in [9.17, 15) is 23.3 Å². The Hall–Kier alpha value is -3.84. The number of nitrogens with two attached hydrogens (primary N) is 1. The van der Waals surface area contributed by atoms with Gasteiger partial charge in [-0.15, -0.1) is 10.2 Å². The average molecular weight is 444 g/mol. The van der Waals surface area contributed by atoms with Crippen molar-refractivity contribution in [3.8, 4) is 5.75 Å². The van der Waals surface area contributed by atoms with Crippen molar-refractivity contribution in [3.63, 3.8) is 0 Å². The number of benzene rings is 2. The molecular formula is C18H16N6O6S. The zero-order chi connectivity index (χ0) is 22.5. The summed E-state index contributed by atoms with van der Waals surface area (Å²) in [5.74, 6) is 0.405. The molecule has 31 heavy (non-hydrogen) atoms. The van der Waals surface area contributed by atoms with Crippen LogP contribution in [-0.2, 0) is 23.7 Å². The van der Waals surface area contributed by atoms with Gasteiger partial charge in [-0.2, -0.15) is 0 Å². The van der Waals surface area contributed by atoms with E-state index in [2.05, 4.69) is 10.2 Å². The lowest BCUT2D eigenvalue weighted by Gasteiger charge is -2.10. The molecule has 160 valence electrons. The zero-order valence-corrected chi connectivity index (χ0v) is 17.2. The molecule has 0 unspecified atom stereocenters. The van der Waals surface area contributed by atoms with Gasteiger partial charge in [0.2, 0.25) is 15.8 Å². The number of aryl methyl sites for hydroxylation is 2. The van der Waals surface area contributed by atoms with Crippen molar-refractivity contribution in [2.24, 2.45) is 12.2 Å². The Balaban J connectivity index is 1.80. The van der Waals surface area contributed by atoms with E-state index in [1.165, 1.54) is 4.57 Å². The Morgan fingerprint density at radius 3 is 2.61 bits per heavy atom. The lowest BCUT2D eigenvalue weighted by Crippen LogP contribution is -2.20. The van der Waals surface area contributed by atoms with Gasteiger partial charge in [0.05, 0.1) is 20.7 Å². The quantitative estimate of drug-likeness (QED) is 0.352. The second-order valence-electron chi connectivity index (χ2n) is 6.86. The first-order valence-electron chi connectivity index (χ1n) is 8.85. The van der Waals surface area contributed by atoms with E-state index >= 15 is 0 Å². The second-order valence-corrected chi connectivity index (χ2v) is 8.42. The number of primary sulfonamides is 1. The molecule has 0 saturated carbocycles. The molecular weight excluding hydrogens is 428 g/mol. The molecule has 0 aliphatic rings. The number of sulfonamides is 1. The molecule has 4 rings (SSSR count). The average Bonchev–Trinajstić information content (AvgIpc) is 3.13. The molecule has 0 atom stereocenters. The predicted octanol–water partition coefficient (Wildman–Crippen LogP) is 1.02. The van der Waals surface area contributed by atoms with Crippen LogP contribution < -0.4 is 15.4 Å². The Morgan fingerprint density at radius 2 is 1.94 bits per heavy atom. The van der Waals surface area contributed by atoms with Gasteiger partial charge in [0.15, 0.2) is 11.6 Å². The smallest absolute Gasteiger partial charge is 0.312 e. The first-order valence-corrected chi connectivity index (χ1v) is 10.4. The van der Waals surface area contributed by atoms with E-state index < -0.39 is 25.5 Å². The Bertz CT molecular complexity index is 1540. The van der Waals surface area contributed by atoms with Gasteiger partial charge in [-0.25, -0.2) is 13.6 Å². The number of nitrogens with zero attached hydrogens (tertiary/aromatic N) is 5. The van der Waals surface area contributed by atoms with Gasteiger partial charge >= 0.3 is 5.69 Å². The minimum absolute atomic E-state index is 0.167. The molecule has 2 aromatic carbocycles.